The molecule has 7 rings (SSSR count). The van der Waals surface area contributed by atoms with Crippen molar-refractivity contribution in [3.63, 3.8) is 0 Å². The zero-order valence-electron chi connectivity index (χ0n) is 20.7. The lowest BCUT2D eigenvalue weighted by atomic mass is 9.71. The Morgan fingerprint density at radius 1 is 1.32 bits per heavy atom. The SMILES string of the molecule is CC1CC(NC(=O)Nc2cc(Cl)c(-c3ccc(OCC45COC(C4)C5)nc3)cc2F)Cc2cc(=O)[nH]nc21. The van der Waals surface area contributed by atoms with Crippen molar-refractivity contribution < 1.29 is 18.7 Å². The van der Waals surface area contributed by atoms with Crippen molar-refractivity contribution in [1.82, 2.24) is 20.5 Å². The van der Waals surface area contributed by atoms with Crippen LogP contribution in [0.25, 0.3) is 11.1 Å². The number of aromatic amines is 1. The molecular weight excluding hydrogens is 513 g/mol. The van der Waals surface area contributed by atoms with E-state index in [1.54, 1.807) is 18.3 Å². The number of hydrogen-bond donors (Lipinski definition) is 3. The number of ether oxygens (including phenoxy) is 2. The van der Waals surface area contributed by atoms with Gasteiger partial charge in [0.1, 0.15) is 5.82 Å². The van der Waals surface area contributed by atoms with Gasteiger partial charge in [-0.05, 0) is 49.4 Å². The molecule has 2 aliphatic heterocycles. The molecule has 1 aromatic carbocycles. The van der Waals surface area contributed by atoms with E-state index in [0.29, 0.717) is 42.6 Å². The number of hydrogen-bond acceptors (Lipinski definition) is 6. The van der Waals surface area contributed by atoms with Crippen LogP contribution < -0.4 is 20.9 Å². The third-order valence-electron chi connectivity index (χ3n) is 7.65. The van der Waals surface area contributed by atoms with Gasteiger partial charge in [0.2, 0.25) is 5.88 Å². The van der Waals surface area contributed by atoms with Gasteiger partial charge < -0.3 is 20.1 Å². The molecule has 0 radical (unpaired) electrons. The zero-order valence-corrected chi connectivity index (χ0v) is 21.5. The van der Waals surface area contributed by atoms with Crippen LogP contribution in [-0.2, 0) is 11.2 Å². The molecule has 3 aromatic rings. The number of nitrogens with zero attached hydrogens (tertiary/aromatic N) is 2. The highest BCUT2D eigenvalue weighted by Gasteiger charge is 2.52. The molecule has 2 aromatic heterocycles. The minimum atomic E-state index is -0.627. The lowest BCUT2D eigenvalue weighted by molar-refractivity contribution is 0.0804. The van der Waals surface area contributed by atoms with Gasteiger partial charge in [-0.2, -0.15) is 5.10 Å². The summed E-state index contributed by atoms with van der Waals surface area (Å²) in [5, 5.41) is 12.3. The molecule has 4 heterocycles. The summed E-state index contributed by atoms with van der Waals surface area (Å²) in [4.78, 5) is 28.6. The summed E-state index contributed by atoms with van der Waals surface area (Å²) in [6, 6.07) is 6.88. The molecule has 2 aliphatic carbocycles. The Morgan fingerprint density at radius 3 is 2.89 bits per heavy atom. The smallest absolute Gasteiger partial charge is 0.319 e. The molecule has 1 saturated carbocycles. The van der Waals surface area contributed by atoms with Crippen LogP contribution in [0.5, 0.6) is 5.88 Å². The van der Waals surface area contributed by atoms with Crippen LogP contribution in [0.4, 0.5) is 14.9 Å². The van der Waals surface area contributed by atoms with E-state index in [2.05, 4.69) is 25.8 Å². The van der Waals surface area contributed by atoms with Crippen LogP contribution in [0.15, 0.2) is 41.3 Å². The molecule has 2 amide bonds. The molecule has 9 nitrogen and oxygen atoms in total. The van der Waals surface area contributed by atoms with Gasteiger partial charge in [0, 0.05) is 46.8 Å². The number of nitrogens with one attached hydrogen (secondary N) is 3. The molecule has 2 atom stereocenters. The summed E-state index contributed by atoms with van der Waals surface area (Å²) in [7, 11) is 0. The minimum absolute atomic E-state index is 0.0385. The summed E-state index contributed by atoms with van der Waals surface area (Å²) < 4.78 is 26.5. The number of amides is 2. The quantitative estimate of drug-likeness (QED) is 0.427. The van der Waals surface area contributed by atoms with E-state index in [0.717, 1.165) is 30.7 Å². The van der Waals surface area contributed by atoms with Gasteiger partial charge in [0.05, 0.1) is 35.7 Å². The fourth-order valence-electron chi connectivity index (χ4n) is 5.69. The number of halogens is 2. The van der Waals surface area contributed by atoms with Gasteiger partial charge >= 0.3 is 6.03 Å². The number of carbonyl (C=O) groups is 1. The predicted molar refractivity (Wildman–Crippen MR) is 139 cm³/mol. The largest absolute Gasteiger partial charge is 0.477 e. The summed E-state index contributed by atoms with van der Waals surface area (Å²) >= 11 is 6.46. The predicted octanol–water partition coefficient (Wildman–Crippen LogP) is 4.42. The first-order valence-electron chi connectivity index (χ1n) is 12.6. The minimum Gasteiger partial charge on any atom is -0.477 e. The molecule has 4 aliphatic rings. The summed E-state index contributed by atoms with van der Waals surface area (Å²) in [5.74, 6) is -0.0818. The molecular formula is C27H27ClFN5O4. The van der Waals surface area contributed by atoms with E-state index < -0.39 is 11.8 Å². The maximum Gasteiger partial charge on any atom is 0.319 e. The number of anilines is 1. The fraction of sp³-hybridized carbons (Fsp3) is 0.407. The molecule has 198 valence electrons. The third-order valence-corrected chi connectivity index (χ3v) is 7.97. The Hall–Kier alpha value is -3.50. The van der Waals surface area contributed by atoms with Gasteiger partial charge in [0.25, 0.3) is 5.56 Å². The fourth-order valence-corrected chi connectivity index (χ4v) is 5.97. The monoisotopic (exact) mass is 539 g/mol. The van der Waals surface area contributed by atoms with Crippen LogP contribution in [0.1, 0.15) is 43.4 Å². The molecule has 3 fully saturated rings. The van der Waals surface area contributed by atoms with E-state index in [-0.39, 0.29) is 33.6 Å². The Balaban J connectivity index is 1.09. The number of H-pyrrole nitrogens is 1. The van der Waals surface area contributed by atoms with Crippen LogP contribution >= 0.6 is 11.6 Å². The van der Waals surface area contributed by atoms with Gasteiger partial charge in [-0.3, -0.25) is 4.79 Å². The van der Waals surface area contributed by atoms with Crippen molar-refractivity contribution in [2.45, 2.75) is 50.7 Å². The molecule has 38 heavy (non-hydrogen) atoms. The molecule has 11 heteroatoms. The number of rotatable bonds is 6. The number of fused-ring (bicyclic) bond motifs is 2. The summed E-state index contributed by atoms with van der Waals surface area (Å²) in [6.45, 7) is 3.28. The number of urea groups is 1. The molecule has 2 unspecified atom stereocenters. The number of carbonyl (C=O) groups excluding carboxylic acids is 1. The first-order chi connectivity index (χ1) is 18.3. The Bertz CT molecular complexity index is 1430. The average Bonchev–Trinajstić information content (AvgIpc) is 3.46. The van der Waals surface area contributed by atoms with E-state index in [9.17, 15) is 14.0 Å². The van der Waals surface area contributed by atoms with Gasteiger partial charge in [0.15, 0.2) is 0 Å². The molecule has 2 bridgehead atoms. The average molecular weight is 540 g/mol. The number of benzene rings is 1. The number of aromatic nitrogens is 3. The second-order valence-electron chi connectivity index (χ2n) is 10.6. The maximum absolute atomic E-state index is 15.0. The normalized spacial score (nSPS) is 25.3. The molecule has 0 spiro atoms. The molecule has 2 saturated heterocycles. The van der Waals surface area contributed by atoms with Crippen molar-refractivity contribution >= 4 is 23.3 Å². The second-order valence-corrected chi connectivity index (χ2v) is 11.0. The van der Waals surface area contributed by atoms with Crippen molar-refractivity contribution in [3.05, 3.63) is 69.0 Å². The second kappa shape index (κ2) is 9.67. The van der Waals surface area contributed by atoms with E-state index in [1.165, 1.54) is 18.2 Å². The first-order valence-corrected chi connectivity index (χ1v) is 13.0. The standard InChI is InChI=1S/C27H27ClFN5O4/c1-14-4-17(5-16-6-23(35)33-34-25(14)16)31-26(36)32-22-8-20(28)19(7-21(22)29)15-2-3-24(30-11-15)38-13-27-9-18(10-27)37-12-27/h2-3,6-8,11,14,17-18H,4-5,9-10,12-13H2,1H3,(H,33,35)(H2,31,32,36). The van der Waals surface area contributed by atoms with Gasteiger partial charge in [-0.1, -0.05) is 18.5 Å². The Labute approximate surface area is 223 Å². The summed E-state index contributed by atoms with van der Waals surface area (Å²) in [6.07, 6.45) is 5.14. The van der Waals surface area contributed by atoms with Crippen LogP contribution in [0.3, 0.4) is 0 Å². The highest BCUT2D eigenvalue weighted by Crippen LogP contribution is 2.50. The van der Waals surface area contributed by atoms with E-state index in [4.69, 9.17) is 21.1 Å². The highest BCUT2D eigenvalue weighted by molar-refractivity contribution is 6.33. The van der Waals surface area contributed by atoms with Crippen LogP contribution in [0, 0.1) is 11.2 Å². The first kappa shape index (κ1) is 24.8. The number of pyridine rings is 1. The molecule has 3 N–H and O–H groups in total. The maximum atomic E-state index is 15.0. The van der Waals surface area contributed by atoms with Crippen molar-refractivity contribution in [2.24, 2.45) is 5.41 Å². The summed E-state index contributed by atoms with van der Waals surface area (Å²) in [5.41, 5.74) is 2.49. The lowest BCUT2D eigenvalue weighted by Crippen LogP contribution is -2.42. The van der Waals surface area contributed by atoms with E-state index >= 15 is 0 Å². The van der Waals surface area contributed by atoms with Crippen molar-refractivity contribution in [3.8, 4) is 17.0 Å². The zero-order chi connectivity index (χ0) is 26.4. The lowest BCUT2D eigenvalue weighted by Gasteiger charge is -2.34. The third kappa shape index (κ3) is 4.86. The topological polar surface area (TPSA) is 118 Å². The highest BCUT2D eigenvalue weighted by atomic mass is 35.5. The van der Waals surface area contributed by atoms with Crippen LogP contribution in [-0.4, -0.2) is 46.6 Å². The van der Waals surface area contributed by atoms with Gasteiger partial charge in [-0.25, -0.2) is 19.3 Å². The van der Waals surface area contributed by atoms with Crippen molar-refractivity contribution in [1.29, 1.82) is 0 Å². The van der Waals surface area contributed by atoms with Gasteiger partial charge in [-0.15, -0.1) is 0 Å². The Morgan fingerprint density at radius 2 is 2.16 bits per heavy atom. The van der Waals surface area contributed by atoms with Crippen molar-refractivity contribution in [2.75, 3.05) is 18.5 Å². The van der Waals surface area contributed by atoms with E-state index in [1.807, 2.05) is 6.92 Å². The Kier molecular flexibility index (Phi) is 6.31. The van der Waals surface area contributed by atoms with Crippen LogP contribution in [0.2, 0.25) is 5.02 Å².